The molecule has 1 aromatic heterocycles. The van der Waals surface area contributed by atoms with Gasteiger partial charge in [-0.2, -0.15) is 4.40 Å². The quantitative estimate of drug-likeness (QED) is 0.805. The van der Waals surface area contributed by atoms with Gasteiger partial charge in [0.15, 0.2) is 11.0 Å². The minimum atomic E-state index is -1.38. The van der Waals surface area contributed by atoms with Crippen molar-refractivity contribution < 1.29 is 4.21 Å². The van der Waals surface area contributed by atoms with E-state index < -0.39 is 11.0 Å². The molecule has 2 aromatic rings. The molecule has 0 saturated heterocycles. The molecule has 0 fully saturated rings. The maximum Gasteiger partial charge on any atom is 0.172 e. The molecule has 0 amide bonds. The second kappa shape index (κ2) is 5.89. The first kappa shape index (κ1) is 13.6. The molecule has 0 bridgehead atoms. The van der Waals surface area contributed by atoms with Gasteiger partial charge < -0.3 is 0 Å². The average molecular weight is 272 g/mol. The average Bonchev–Trinajstić information content (AvgIpc) is 2.39. The molecule has 3 nitrogen and oxygen atoms in total. The summed E-state index contributed by atoms with van der Waals surface area (Å²) in [5.74, 6) is 0. The van der Waals surface area contributed by atoms with Gasteiger partial charge in [-0.25, -0.2) is 4.21 Å². The second-order valence-corrected chi connectivity index (χ2v) is 5.56. The van der Waals surface area contributed by atoms with Gasteiger partial charge in [0.2, 0.25) is 0 Å². The SMILES string of the molecule is C/C(=N\S(=O)c1ccc(C)cc1)c1cccc(C)n1. The Balaban J connectivity index is 2.25. The van der Waals surface area contributed by atoms with Crippen LogP contribution in [0.5, 0.6) is 0 Å². The first-order valence-electron chi connectivity index (χ1n) is 6.04. The summed E-state index contributed by atoms with van der Waals surface area (Å²) >= 11 is 0. The summed E-state index contributed by atoms with van der Waals surface area (Å²) < 4.78 is 16.3. The third kappa shape index (κ3) is 3.58. The minimum Gasteiger partial charge on any atom is -0.252 e. The van der Waals surface area contributed by atoms with E-state index in [1.807, 2.05) is 63.2 Å². The van der Waals surface area contributed by atoms with Crippen molar-refractivity contribution in [3.63, 3.8) is 0 Å². The fourth-order valence-electron chi connectivity index (χ4n) is 1.62. The van der Waals surface area contributed by atoms with Crippen LogP contribution in [0.4, 0.5) is 0 Å². The highest BCUT2D eigenvalue weighted by atomic mass is 32.2. The van der Waals surface area contributed by atoms with E-state index in [9.17, 15) is 4.21 Å². The van der Waals surface area contributed by atoms with Crippen molar-refractivity contribution in [3.8, 4) is 0 Å². The van der Waals surface area contributed by atoms with Crippen LogP contribution in [-0.2, 0) is 11.0 Å². The van der Waals surface area contributed by atoms with Crippen molar-refractivity contribution in [1.82, 2.24) is 4.98 Å². The zero-order valence-corrected chi connectivity index (χ0v) is 12.1. The van der Waals surface area contributed by atoms with E-state index >= 15 is 0 Å². The van der Waals surface area contributed by atoms with Crippen LogP contribution in [-0.4, -0.2) is 14.9 Å². The molecule has 98 valence electrons. The van der Waals surface area contributed by atoms with Crippen molar-refractivity contribution in [2.75, 3.05) is 0 Å². The number of pyridine rings is 1. The standard InChI is InChI=1S/C15H16N2OS/c1-11-7-9-14(10-8-11)19(18)17-13(3)15-6-4-5-12(2)16-15/h4-10H,1-3H3/b17-13+. The molecular weight excluding hydrogens is 256 g/mol. The molecule has 0 spiro atoms. The van der Waals surface area contributed by atoms with Gasteiger partial charge >= 0.3 is 0 Å². The van der Waals surface area contributed by atoms with E-state index in [2.05, 4.69) is 9.38 Å². The van der Waals surface area contributed by atoms with Gasteiger partial charge in [0.05, 0.1) is 16.3 Å². The largest absolute Gasteiger partial charge is 0.252 e. The van der Waals surface area contributed by atoms with Crippen LogP contribution in [0.25, 0.3) is 0 Å². The van der Waals surface area contributed by atoms with E-state index in [4.69, 9.17) is 0 Å². The molecule has 0 saturated carbocycles. The molecule has 1 atom stereocenters. The summed E-state index contributed by atoms with van der Waals surface area (Å²) in [7, 11) is -1.38. The number of benzene rings is 1. The van der Waals surface area contributed by atoms with E-state index in [1.54, 1.807) is 0 Å². The number of aryl methyl sites for hydroxylation is 2. The highest BCUT2D eigenvalue weighted by Crippen LogP contribution is 2.11. The smallest absolute Gasteiger partial charge is 0.172 e. The van der Waals surface area contributed by atoms with E-state index in [-0.39, 0.29) is 0 Å². The van der Waals surface area contributed by atoms with Gasteiger partial charge in [-0.15, -0.1) is 0 Å². The number of hydrogen-bond donors (Lipinski definition) is 0. The van der Waals surface area contributed by atoms with Crippen molar-refractivity contribution in [2.24, 2.45) is 4.40 Å². The van der Waals surface area contributed by atoms with Gasteiger partial charge in [-0.05, 0) is 45.0 Å². The van der Waals surface area contributed by atoms with Gasteiger partial charge in [0.1, 0.15) is 0 Å². The maximum atomic E-state index is 12.1. The van der Waals surface area contributed by atoms with Crippen LogP contribution < -0.4 is 0 Å². The Morgan fingerprint density at radius 2 is 1.79 bits per heavy atom. The highest BCUT2D eigenvalue weighted by Gasteiger charge is 2.05. The lowest BCUT2D eigenvalue weighted by molar-refractivity contribution is 0.684. The predicted octanol–water partition coefficient (Wildman–Crippen LogP) is 3.23. The zero-order valence-electron chi connectivity index (χ0n) is 11.3. The van der Waals surface area contributed by atoms with Gasteiger partial charge in [0, 0.05) is 5.69 Å². The number of rotatable bonds is 3. The number of aromatic nitrogens is 1. The molecule has 4 heteroatoms. The van der Waals surface area contributed by atoms with Crippen LogP contribution in [0.1, 0.15) is 23.9 Å². The van der Waals surface area contributed by atoms with Crippen LogP contribution in [0.3, 0.4) is 0 Å². The molecule has 2 rings (SSSR count). The molecule has 0 aliphatic carbocycles. The minimum absolute atomic E-state index is 0.683. The Labute approximate surface area is 116 Å². The fraction of sp³-hybridized carbons (Fsp3) is 0.200. The van der Waals surface area contributed by atoms with Crippen molar-refractivity contribution in [2.45, 2.75) is 25.7 Å². The summed E-state index contributed by atoms with van der Waals surface area (Å²) in [4.78, 5) is 5.07. The Kier molecular flexibility index (Phi) is 4.22. The summed E-state index contributed by atoms with van der Waals surface area (Å²) in [6, 6.07) is 13.3. The summed E-state index contributed by atoms with van der Waals surface area (Å²) in [5.41, 5.74) is 3.51. The molecule has 1 aromatic carbocycles. The van der Waals surface area contributed by atoms with Gasteiger partial charge in [-0.1, -0.05) is 23.8 Å². The van der Waals surface area contributed by atoms with Crippen LogP contribution in [0, 0.1) is 13.8 Å². The monoisotopic (exact) mass is 272 g/mol. The van der Waals surface area contributed by atoms with Crippen LogP contribution in [0.15, 0.2) is 51.8 Å². The Morgan fingerprint density at radius 3 is 2.42 bits per heavy atom. The van der Waals surface area contributed by atoms with Gasteiger partial charge in [0.25, 0.3) is 0 Å². The number of nitrogens with zero attached hydrogens (tertiary/aromatic N) is 2. The van der Waals surface area contributed by atoms with E-state index in [0.29, 0.717) is 10.6 Å². The molecular formula is C15H16N2OS. The second-order valence-electron chi connectivity index (χ2n) is 4.40. The van der Waals surface area contributed by atoms with Gasteiger partial charge in [-0.3, -0.25) is 4.98 Å². The van der Waals surface area contributed by atoms with E-state index in [0.717, 1.165) is 17.0 Å². The Bertz CT molecular complexity index is 633. The summed E-state index contributed by atoms with van der Waals surface area (Å²) in [6.07, 6.45) is 0. The molecule has 1 heterocycles. The Hall–Kier alpha value is -1.81. The third-order valence-electron chi connectivity index (χ3n) is 2.70. The molecule has 0 aliphatic rings. The summed E-state index contributed by atoms with van der Waals surface area (Å²) in [6.45, 7) is 5.75. The van der Waals surface area contributed by atoms with Crippen molar-refractivity contribution in [3.05, 3.63) is 59.4 Å². The zero-order chi connectivity index (χ0) is 13.8. The van der Waals surface area contributed by atoms with Crippen LogP contribution in [0.2, 0.25) is 0 Å². The fourth-order valence-corrected chi connectivity index (χ4v) is 2.44. The summed E-state index contributed by atoms with van der Waals surface area (Å²) in [5, 5.41) is 0. The number of hydrogen-bond acceptors (Lipinski definition) is 2. The first-order chi connectivity index (χ1) is 9.06. The lowest BCUT2D eigenvalue weighted by Gasteiger charge is -2.02. The first-order valence-corrected chi connectivity index (χ1v) is 7.15. The van der Waals surface area contributed by atoms with E-state index in [1.165, 1.54) is 0 Å². The van der Waals surface area contributed by atoms with Crippen molar-refractivity contribution >= 4 is 16.7 Å². The molecule has 0 aliphatic heterocycles. The third-order valence-corrected chi connectivity index (χ3v) is 3.82. The van der Waals surface area contributed by atoms with Crippen LogP contribution >= 0.6 is 0 Å². The normalized spacial score (nSPS) is 13.3. The molecule has 1 unspecified atom stereocenters. The lowest BCUT2D eigenvalue weighted by Crippen LogP contribution is -2.01. The molecule has 0 N–H and O–H groups in total. The predicted molar refractivity (Wildman–Crippen MR) is 78.8 cm³/mol. The molecule has 0 radical (unpaired) electrons. The maximum absolute atomic E-state index is 12.1. The topological polar surface area (TPSA) is 42.3 Å². The lowest BCUT2D eigenvalue weighted by atomic mass is 10.2. The highest BCUT2D eigenvalue weighted by molar-refractivity contribution is 7.83. The Morgan fingerprint density at radius 1 is 1.11 bits per heavy atom. The van der Waals surface area contributed by atoms with Crippen molar-refractivity contribution in [1.29, 1.82) is 0 Å². The molecule has 19 heavy (non-hydrogen) atoms.